The minimum atomic E-state index is -4.44. The molecule has 0 bridgehead atoms. The van der Waals surface area contributed by atoms with Crippen molar-refractivity contribution in [3.05, 3.63) is 17.5 Å². The molecule has 0 aromatic carbocycles. The summed E-state index contributed by atoms with van der Waals surface area (Å²) in [7, 11) is 0. The zero-order chi connectivity index (χ0) is 14.0. The standard InChI is InChI=1S/C11H14F3N3O2/c12-11(13,14)9-5-8(15-16-9)7-1-3-17(4-2-7)10(19)6-18/h5,7,18H,1-4,6H2,(H,15,16). The third-order valence-electron chi connectivity index (χ3n) is 3.31. The molecular weight excluding hydrogens is 263 g/mol. The van der Waals surface area contributed by atoms with E-state index in [0.29, 0.717) is 31.6 Å². The van der Waals surface area contributed by atoms with E-state index in [0.717, 1.165) is 6.07 Å². The molecule has 0 atom stereocenters. The first kappa shape index (κ1) is 13.9. The van der Waals surface area contributed by atoms with Crippen LogP contribution in [0.1, 0.15) is 30.1 Å². The lowest BCUT2D eigenvalue weighted by molar-refractivity contribution is -0.141. The van der Waals surface area contributed by atoms with E-state index >= 15 is 0 Å². The van der Waals surface area contributed by atoms with Gasteiger partial charge in [0, 0.05) is 24.7 Å². The zero-order valence-electron chi connectivity index (χ0n) is 10.1. The monoisotopic (exact) mass is 277 g/mol. The van der Waals surface area contributed by atoms with Gasteiger partial charge in [0.1, 0.15) is 6.61 Å². The minimum absolute atomic E-state index is 0.0636. The molecule has 1 aromatic rings. The molecule has 2 N–H and O–H groups in total. The predicted molar refractivity (Wildman–Crippen MR) is 59.2 cm³/mol. The van der Waals surface area contributed by atoms with Crippen LogP contribution in [0.4, 0.5) is 13.2 Å². The van der Waals surface area contributed by atoms with Crippen molar-refractivity contribution in [1.29, 1.82) is 0 Å². The second-order valence-corrected chi connectivity index (χ2v) is 4.52. The quantitative estimate of drug-likeness (QED) is 0.851. The molecule has 1 aromatic heterocycles. The molecule has 0 aliphatic carbocycles. The first-order valence-electron chi connectivity index (χ1n) is 5.93. The van der Waals surface area contributed by atoms with E-state index in [1.807, 2.05) is 0 Å². The Balaban J connectivity index is 1.98. The molecule has 0 spiro atoms. The lowest BCUT2D eigenvalue weighted by atomic mass is 9.93. The number of aliphatic hydroxyl groups is 1. The Morgan fingerprint density at radius 2 is 2.11 bits per heavy atom. The van der Waals surface area contributed by atoms with E-state index in [-0.39, 0.29) is 11.8 Å². The van der Waals surface area contributed by atoms with E-state index in [4.69, 9.17) is 5.11 Å². The second kappa shape index (κ2) is 5.20. The molecule has 1 fully saturated rings. The number of aliphatic hydroxyl groups excluding tert-OH is 1. The number of likely N-dealkylation sites (tertiary alicyclic amines) is 1. The largest absolute Gasteiger partial charge is 0.435 e. The smallest absolute Gasteiger partial charge is 0.387 e. The fourth-order valence-corrected chi connectivity index (χ4v) is 2.23. The number of carbonyl (C=O) groups excluding carboxylic acids is 1. The van der Waals surface area contributed by atoms with Gasteiger partial charge in [0.2, 0.25) is 5.91 Å². The van der Waals surface area contributed by atoms with Crippen molar-refractivity contribution in [3.8, 4) is 0 Å². The van der Waals surface area contributed by atoms with Crippen molar-refractivity contribution in [1.82, 2.24) is 15.1 Å². The predicted octanol–water partition coefficient (Wildman–Crippen LogP) is 1.13. The molecule has 106 valence electrons. The topological polar surface area (TPSA) is 69.2 Å². The van der Waals surface area contributed by atoms with Gasteiger partial charge in [-0.2, -0.15) is 18.3 Å². The molecule has 5 nitrogen and oxygen atoms in total. The molecule has 1 amide bonds. The van der Waals surface area contributed by atoms with Gasteiger partial charge in [-0.3, -0.25) is 9.89 Å². The number of H-pyrrole nitrogens is 1. The fourth-order valence-electron chi connectivity index (χ4n) is 2.23. The average Bonchev–Trinajstić information content (AvgIpc) is 2.87. The fraction of sp³-hybridized carbons (Fsp3) is 0.636. The number of nitrogens with zero attached hydrogens (tertiary/aromatic N) is 2. The number of aromatic amines is 1. The van der Waals surface area contributed by atoms with E-state index in [9.17, 15) is 18.0 Å². The summed E-state index contributed by atoms with van der Waals surface area (Å²) in [5, 5.41) is 14.4. The highest BCUT2D eigenvalue weighted by Crippen LogP contribution is 2.32. The number of amides is 1. The molecule has 1 aliphatic heterocycles. The third kappa shape index (κ3) is 3.06. The highest BCUT2D eigenvalue weighted by Gasteiger charge is 2.35. The van der Waals surface area contributed by atoms with Crippen LogP contribution in [0, 0.1) is 0 Å². The minimum Gasteiger partial charge on any atom is -0.387 e. The number of nitrogens with one attached hydrogen (secondary N) is 1. The molecule has 0 saturated carbocycles. The molecule has 0 radical (unpaired) electrons. The van der Waals surface area contributed by atoms with Crippen LogP contribution in [-0.4, -0.2) is 45.8 Å². The van der Waals surface area contributed by atoms with Crippen LogP contribution in [0.25, 0.3) is 0 Å². The first-order valence-corrected chi connectivity index (χ1v) is 5.93. The Morgan fingerprint density at radius 3 is 2.58 bits per heavy atom. The van der Waals surface area contributed by atoms with Crippen LogP contribution in [0.15, 0.2) is 6.07 Å². The SMILES string of the molecule is O=C(CO)N1CCC(c2cc(C(F)(F)F)n[nH]2)CC1. The van der Waals surface area contributed by atoms with Crippen LogP contribution in [0.2, 0.25) is 0 Å². The van der Waals surface area contributed by atoms with Crippen molar-refractivity contribution in [3.63, 3.8) is 0 Å². The Hall–Kier alpha value is -1.57. The maximum absolute atomic E-state index is 12.4. The number of carbonyl (C=O) groups is 1. The van der Waals surface area contributed by atoms with E-state index in [2.05, 4.69) is 10.2 Å². The summed E-state index contributed by atoms with van der Waals surface area (Å²) >= 11 is 0. The molecule has 19 heavy (non-hydrogen) atoms. The van der Waals surface area contributed by atoms with Gasteiger partial charge >= 0.3 is 6.18 Å². The van der Waals surface area contributed by atoms with Crippen molar-refractivity contribution in [2.45, 2.75) is 24.9 Å². The second-order valence-electron chi connectivity index (χ2n) is 4.52. The number of hydrogen-bond donors (Lipinski definition) is 2. The molecule has 2 rings (SSSR count). The first-order chi connectivity index (χ1) is 8.91. The van der Waals surface area contributed by atoms with Gasteiger partial charge in [-0.15, -0.1) is 0 Å². The number of piperidine rings is 1. The van der Waals surface area contributed by atoms with Crippen molar-refractivity contribution in [2.24, 2.45) is 0 Å². The molecule has 8 heteroatoms. The number of rotatable bonds is 2. The molecule has 2 heterocycles. The Kier molecular flexibility index (Phi) is 3.79. The lowest BCUT2D eigenvalue weighted by Crippen LogP contribution is -2.39. The van der Waals surface area contributed by atoms with Crippen LogP contribution >= 0.6 is 0 Å². The summed E-state index contributed by atoms with van der Waals surface area (Å²) in [4.78, 5) is 12.8. The van der Waals surface area contributed by atoms with Gasteiger partial charge in [0.05, 0.1) is 0 Å². The van der Waals surface area contributed by atoms with Gasteiger partial charge in [-0.1, -0.05) is 0 Å². The van der Waals surface area contributed by atoms with E-state index in [1.54, 1.807) is 0 Å². The lowest BCUT2D eigenvalue weighted by Gasteiger charge is -2.31. The number of halogens is 3. The van der Waals surface area contributed by atoms with Gasteiger partial charge in [-0.25, -0.2) is 0 Å². The number of aromatic nitrogens is 2. The van der Waals surface area contributed by atoms with Gasteiger partial charge in [0.25, 0.3) is 0 Å². The Labute approximate surface area is 107 Å². The Bertz CT molecular complexity index is 450. The van der Waals surface area contributed by atoms with Crippen molar-refractivity contribution in [2.75, 3.05) is 19.7 Å². The third-order valence-corrected chi connectivity index (χ3v) is 3.31. The van der Waals surface area contributed by atoms with Crippen molar-refractivity contribution < 1.29 is 23.1 Å². The number of alkyl halides is 3. The summed E-state index contributed by atoms with van der Waals surface area (Å²) in [5.41, 5.74) is -0.472. The summed E-state index contributed by atoms with van der Waals surface area (Å²) in [5.74, 6) is -0.412. The zero-order valence-corrected chi connectivity index (χ0v) is 10.1. The summed E-state index contributed by atoms with van der Waals surface area (Å²) in [6, 6.07) is 1.02. The van der Waals surface area contributed by atoms with E-state index < -0.39 is 18.5 Å². The van der Waals surface area contributed by atoms with Crippen LogP contribution in [0.5, 0.6) is 0 Å². The van der Waals surface area contributed by atoms with Gasteiger partial charge in [0.15, 0.2) is 5.69 Å². The summed E-state index contributed by atoms with van der Waals surface area (Å²) in [6.45, 7) is 0.335. The molecule has 0 unspecified atom stereocenters. The molecule has 1 saturated heterocycles. The van der Waals surface area contributed by atoms with Crippen LogP contribution in [-0.2, 0) is 11.0 Å². The van der Waals surface area contributed by atoms with Crippen LogP contribution in [0.3, 0.4) is 0 Å². The molecular formula is C11H14F3N3O2. The highest BCUT2D eigenvalue weighted by atomic mass is 19.4. The van der Waals surface area contributed by atoms with Gasteiger partial charge < -0.3 is 10.0 Å². The maximum Gasteiger partial charge on any atom is 0.435 e. The Morgan fingerprint density at radius 1 is 1.47 bits per heavy atom. The summed E-state index contributed by atoms with van der Waals surface area (Å²) < 4.78 is 37.3. The summed E-state index contributed by atoms with van der Waals surface area (Å²) in [6.07, 6.45) is -3.32. The van der Waals surface area contributed by atoms with Crippen molar-refractivity contribution >= 4 is 5.91 Å². The normalized spacial score (nSPS) is 17.8. The van der Waals surface area contributed by atoms with Crippen LogP contribution < -0.4 is 0 Å². The highest BCUT2D eigenvalue weighted by molar-refractivity contribution is 5.77. The number of hydrogen-bond acceptors (Lipinski definition) is 3. The average molecular weight is 277 g/mol. The van der Waals surface area contributed by atoms with E-state index in [1.165, 1.54) is 4.90 Å². The van der Waals surface area contributed by atoms with Gasteiger partial charge in [-0.05, 0) is 18.9 Å². The maximum atomic E-state index is 12.4. The molecule has 1 aliphatic rings.